The van der Waals surface area contributed by atoms with Crippen LogP contribution in [0.5, 0.6) is 0 Å². The highest BCUT2D eigenvalue weighted by Crippen LogP contribution is 2.02. The van der Waals surface area contributed by atoms with Crippen LogP contribution in [0.2, 0.25) is 0 Å². The summed E-state index contributed by atoms with van der Waals surface area (Å²) in [5.74, 6) is -0.911. The zero-order chi connectivity index (χ0) is 15.4. The van der Waals surface area contributed by atoms with E-state index in [-0.39, 0.29) is 12.3 Å². The Bertz CT molecular complexity index is 333. The number of unbranched alkanes of at least 4 members (excludes halogenated alkanes) is 1. The van der Waals surface area contributed by atoms with Crippen LogP contribution in [0.25, 0.3) is 0 Å². The van der Waals surface area contributed by atoms with Crippen LogP contribution in [0.3, 0.4) is 0 Å². The summed E-state index contributed by atoms with van der Waals surface area (Å²) in [6, 6.07) is -0.868. The topological polar surface area (TPSA) is 137 Å². The molecule has 116 valence electrons. The fourth-order valence-electron chi connectivity index (χ4n) is 1.56. The number of nitrogens with zero attached hydrogens (tertiary/aromatic N) is 1. The first-order chi connectivity index (χ1) is 9.51. The van der Waals surface area contributed by atoms with Gasteiger partial charge >= 0.3 is 5.97 Å². The van der Waals surface area contributed by atoms with Crippen LogP contribution >= 0.6 is 0 Å². The van der Waals surface area contributed by atoms with Gasteiger partial charge in [0.25, 0.3) is 0 Å². The van der Waals surface area contributed by atoms with Gasteiger partial charge in [-0.25, -0.2) is 4.79 Å². The van der Waals surface area contributed by atoms with Crippen LogP contribution in [-0.2, 0) is 9.59 Å². The lowest BCUT2D eigenvalue weighted by atomic mass is 10.1. The molecule has 0 saturated heterocycles. The van der Waals surface area contributed by atoms with Crippen molar-refractivity contribution in [3.8, 4) is 0 Å². The maximum Gasteiger partial charge on any atom is 0.326 e. The van der Waals surface area contributed by atoms with Gasteiger partial charge in [-0.05, 0) is 39.2 Å². The van der Waals surface area contributed by atoms with Crippen LogP contribution < -0.4 is 16.4 Å². The molecule has 0 aliphatic rings. The third kappa shape index (κ3) is 9.15. The van der Waals surface area contributed by atoms with Crippen molar-refractivity contribution in [1.82, 2.24) is 10.6 Å². The van der Waals surface area contributed by atoms with Crippen molar-refractivity contribution in [3.05, 3.63) is 0 Å². The second-order valence-corrected chi connectivity index (χ2v) is 4.46. The normalized spacial score (nSPS) is 12.8. The minimum atomic E-state index is -1.04. The van der Waals surface area contributed by atoms with Gasteiger partial charge in [-0.3, -0.25) is 4.79 Å². The number of amides is 1. The molecule has 0 unspecified atom stereocenters. The molecule has 1 amide bonds. The average molecular weight is 288 g/mol. The number of oxime groups is 1. The molecule has 6 N–H and O–H groups in total. The fourth-order valence-corrected chi connectivity index (χ4v) is 1.56. The zero-order valence-electron chi connectivity index (χ0n) is 11.8. The van der Waals surface area contributed by atoms with Gasteiger partial charge in [-0.15, -0.1) is 0 Å². The molecule has 0 aliphatic heterocycles. The molecule has 0 radical (unpaired) electrons. The lowest BCUT2D eigenvalue weighted by molar-refractivity contribution is -0.142. The minimum absolute atomic E-state index is 0.244. The molecular weight excluding hydrogens is 264 g/mol. The minimum Gasteiger partial charge on any atom is -0.480 e. The highest BCUT2D eigenvalue weighted by Gasteiger charge is 2.18. The molecule has 0 aromatic carbocycles. The number of carboxylic acid groups (broad SMARTS) is 1. The Morgan fingerprint density at radius 3 is 2.55 bits per heavy atom. The first-order valence-electron chi connectivity index (χ1n) is 6.66. The van der Waals surface area contributed by atoms with E-state index in [1.165, 1.54) is 0 Å². The van der Waals surface area contributed by atoms with Gasteiger partial charge in [-0.1, -0.05) is 5.16 Å². The standard InChI is InChI=1S/C12H24N4O4/c1-9(16-20)14-8-3-2-5-10(12(18)19)15-11(17)6-4-7-13/h10,20H,2-8,13H2,1H3,(H,14,16)(H,15,17)(H,18,19)/t10-/m0/s1. The molecular formula is C12H24N4O4. The number of carbonyl (C=O) groups is 2. The van der Waals surface area contributed by atoms with Gasteiger partial charge in [0, 0.05) is 13.0 Å². The molecule has 8 nitrogen and oxygen atoms in total. The second-order valence-electron chi connectivity index (χ2n) is 4.46. The van der Waals surface area contributed by atoms with E-state index in [1.54, 1.807) is 6.92 Å². The van der Waals surface area contributed by atoms with E-state index in [4.69, 9.17) is 16.0 Å². The fraction of sp³-hybridized carbons (Fsp3) is 0.750. The molecule has 0 aromatic heterocycles. The van der Waals surface area contributed by atoms with Crippen molar-refractivity contribution >= 4 is 17.7 Å². The average Bonchev–Trinajstić information content (AvgIpc) is 2.42. The molecule has 0 aromatic rings. The quantitative estimate of drug-likeness (QED) is 0.125. The molecule has 1 atom stereocenters. The monoisotopic (exact) mass is 288 g/mol. The number of rotatable bonds is 10. The number of hydrogen-bond acceptors (Lipinski definition) is 5. The summed E-state index contributed by atoms with van der Waals surface area (Å²) in [7, 11) is 0. The summed E-state index contributed by atoms with van der Waals surface area (Å²) in [6.07, 6.45) is 2.51. The van der Waals surface area contributed by atoms with Gasteiger partial charge in [0.1, 0.15) is 11.9 Å². The molecule has 0 bridgehead atoms. The molecule has 0 spiro atoms. The molecule has 0 heterocycles. The maximum atomic E-state index is 11.4. The summed E-state index contributed by atoms with van der Waals surface area (Å²) >= 11 is 0. The Labute approximate surface area is 118 Å². The van der Waals surface area contributed by atoms with E-state index >= 15 is 0 Å². The third-order valence-electron chi connectivity index (χ3n) is 2.69. The molecule has 0 saturated carbocycles. The van der Waals surface area contributed by atoms with E-state index in [0.29, 0.717) is 38.2 Å². The van der Waals surface area contributed by atoms with Crippen LogP contribution in [0.1, 0.15) is 39.0 Å². The zero-order valence-corrected chi connectivity index (χ0v) is 11.8. The Balaban J connectivity index is 3.92. The van der Waals surface area contributed by atoms with Crippen molar-refractivity contribution in [2.45, 2.75) is 45.1 Å². The summed E-state index contributed by atoms with van der Waals surface area (Å²) in [5, 5.41) is 25.7. The number of nitrogens with one attached hydrogen (secondary N) is 2. The summed E-state index contributed by atoms with van der Waals surface area (Å²) in [6.45, 7) is 2.61. The van der Waals surface area contributed by atoms with Gasteiger partial charge in [-0.2, -0.15) is 0 Å². The lowest BCUT2D eigenvalue weighted by Crippen LogP contribution is -2.40. The number of hydrogen-bond donors (Lipinski definition) is 5. The summed E-state index contributed by atoms with van der Waals surface area (Å²) in [5.41, 5.74) is 5.29. The number of nitrogens with two attached hydrogens (primary N) is 1. The summed E-state index contributed by atoms with van der Waals surface area (Å²) in [4.78, 5) is 22.5. The highest BCUT2D eigenvalue weighted by atomic mass is 16.4. The first kappa shape index (κ1) is 18.2. The predicted octanol–water partition coefficient (Wildman–Crippen LogP) is -0.138. The van der Waals surface area contributed by atoms with Crippen molar-refractivity contribution in [1.29, 1.82) is 0 Å². The van der Waals surface area contributed by atoms with E-state index in [2.05, 4.69) is 15.8 Å². The second kappa shape index (κ2) is 11.0. The number of aliphatic carboxylic acids is 1. The highest BCUT2D eigenvalue weighted by molar-refractivity contribution is 5.83. The lowest BCUT2D eigenvalue weighted by Gasteiger charge is -2.14. The SMILES string of the molecule is C/C(=N\O)NCCCC[C@H](NC(=O)CCCN)C(=O)O. The Hall–Kier alpha value is -1.83. The number of carbonyl (C=O) groups excluding carboxylic acids is 1. The van der Waals surface area contributed by atoms with Gasteiger partial charge < -0.3 is 26.7 Å². The first-order valence-corrected chi connectivity index (χ1v) is 6.66. The Kier molecular flexibility index (Phi) is 10.0. The van der Waals surface area contributed by atoms with Gasteiger partial charge in [0.05, 0.1) is 0 Å². The van der Waals surface area contributed by atoms with Crippen molar-refractivity contribution in [3.63, 3.8) is 0 Å². The number of amidine groups is 1. The molecule has 20 heavy (non-hydrogen) atoms. The van der Waals surface area contributed by atoms with E-state index < -0.39 is 12.0 Å². The Morgan fingerprint density at radius 1 is 1.30 bits per heavy atom. The summed E-state index contributed by atoms with van der Waals surface area (Å²) < 4.78 is 0. The Morgan fingerprint density at radius 2 is 2.00 bits per heavy atom. The molecule has 0 rings (SSSR count). The third-order valence-corrected chi connectivity index (χ3v) is 2.69. The predicted molar refractivity (Wildman–Crippen MR) is 74.6 cm³/mol. The molecule has 0 aliphatic carbocycles. The maximum absolute atomic E-state index is 11.4. The largest absolute Gasteiger partial charge is 0.480 e. The van der Waals surface area contributed by atoms with E-state index in [1.807, 2.05) is 0 Å². The van der Waals surface area contributed by atoms with Crippen molar-refractivity contribution in [2.24, 2.45) is 10.9 Å². The van der Waals surface area contributed by atoms with Gasteiger partial charge in [0.2, 0.25) is 5.91 Å². The van der Waals surface area contributed by atoms with Crippen molar-refractivity contribution in [2.75, 3.05) is 13.1 Å². The van der Waals surface area contributed by atoms with Gasteiger partial charge in [0.15, 0.2) is 0 Å². The molecule has 0 fully saturated rings. The van der Waals surface area contributed by atoms with Crippen LogP contribution in [-0.4, -0.2) is 47.2 Å². The van der Waals surface area contributed by atoms with Crippen LogP contribution in [0, 0.1) is 0 Å². The van der Waals surface area contributed by atoms with E-state index in [9.17, 15) is 9.59 Å². The number of carboxylic acids is 1. The smallest absolute Gasteiger partial charge is 0.326 e. The van der Waals surface area contributed by atoms with Crippen LogP contribution in [0.4, 0.5) is 0 Å². The van der Waals surface area contributed by atoms with Crippen molar-refractivity contribution < 1.29 is 19.9 Å². The van der Waals surface area contributed by atoms with Crippen LogP contribution in [0.15, 0.2) is 5.16 Å². The molecule has 8 heteroatoms. The van der Waals surface area contributed by atoms with E-state index in [0.717, 1.165) is 6.42 Å².